The number of benzene rings is 1. The van der Waals surface area contributed by atoms with Crippen LogP contribution in [0.1, 0.15) is 31.2 Å². The molecule has 1 amide bonds. The average Bonchev–Trinajstić information content (AvgIpc) is 3.30. The van der Waals surface area contributed by atoms with Crippen molar-refractivity contribution in [2.24, 2.45) is 5.92 Å². The van der Waals surface area contributed by atoms with Gasteiger partial charge in [-0.3, -0.25) is 4.79 Å². The maximum absolute atomic E-state index is 13.5. The van der Waals surface area contributed by atoms with E-state index in [2.05, 4.69) is 10.6 Å². The highest BCUT2D eigenvalue weighted by atomic mass is 35.5. The highest BCUT2D eigenvalue weighted by Gasteiger charge is 2.45. The number of nitrogens with one attached hydrogen (secondary N) is 2. The smallest absolute Gasteiger partial charge is 0.226 e. The molecule has 1 aromatic carbocycles. The van der Waals surface area contributed by atoms with E-state index < -0.39 is 11.6 Å². The van der Waals surface area contributed by atoms with E-state index >= 15 is 0 Å². The van der Waals surface area contributed by atoms with Crippen LogP contribution in [-0.4, -0.2) is 37.7 Å². The van der Waals surface area contributed by atoms with Crippen LogP contribution >= 0.6 is 12.4 Å². The number of ether oxygens (including phenoxy) is 1. The maximum atomic E-state index is 13.5. The lowest BCUT2D eigenvalue weighted by molar-refractivity contribution is -0.124. The first kappa shape index (κ1) is 19.1. The summed E-state index contributed by atoms with van der Waals surface area (Å²) >= 11 is 0. The number of amides is 1. The molecule has 4 nitrogen and oxygen atoms in total. The van der Waals surface area contributed by atoms with E-state index in [1.807, 2.05) is 6.92 Å². The van der Waals surface area contributed by atoms with Crippen molar-refractivity contribution in [3.8, 4) is 0 Å². The van der Waals surface area contributed by atoms with Gasteiger partial charge in [0.05, 0.1) is 12.0 Å². The first-order valence-electron chi connectivity index (χ1n) is 8.17. The minimum Gasteiger partial charge on any atom is -0.378 e. The van der Waals surface area contributed by atoms with E-state index in [1.54, 1.807) is 6.07 Å². The molecule has 1 aliphatic carbocycles. The average molecular weight is 361 g/mol. The molecule has 7 heteroatoms. The van der Waals surface area contributed by atoms with Crippen molar-refractivity contribution in [3.05, 3.63) is 35.4 Å². The molecule has 0 radical (unpaired) electrons. The van der Waals surface area contributed by atoms with Gasteiger partial charge in [0, 0.05) is 25.1 Å². The van der Waals surface area contributed by atoms with Crippen molar-refractivity contribution in [2.75, 3.05) is 19.7 Å². The van der Waals surface area contributed by atoms with Gasteiger partial charge in [0.15, 0.2) is 11.6 Å². The molecule has 0 aromatic heterocycles. The standard InChI is InChI=1S/C17H22F2N2O2.ClH/c1-2-23-16-8-12(16)17(22)21-15-9-20-6-5-11(15)10-3-4-13(18)14(19)7-10;/h3-4,7,11-12,15-16,20H,2,5-6,8-9H2,1H3,(H,21,22);1H. The fraction of sp³-hybridized carbons (Fsp3) is 0.588. The third-order valence-electron chi connectivity index (χ3n) is 4.63. The number of rotatable bonds is 5. The Bertz CT molecular complexity index is 588. The zero-order valence-electron chi connectivity index (χ0n) is 13.6. The van der Waals surface area contributed by atoms with Crippen LogP contribution < -0.4 is 10.6 Å². The Balaban J connectivity index is 0.00000208. The number of carbonyl (C=O) groups is 1. The fourth-order valence-corrected chi connectivity index (χ4v) is 3.29. The van der Waals surface area contributed by atoms with Gasteiger partial charge in [0.25, 0.3) is 0 Å². The SMILES string of the molecule is CCOC1CC1C(=O)NC1CNCCC1c1ccc(F)c(F)c1.Cl. The Hall–Kier alpha value is -1.24. The van der Waals surface area contributed by atoms with Gasteiger partial charge in [0.1, 0.15) is 0 Å². The largest absolute Gasteiger partial charge is 0.378 e. The Morgan fingerprint density at radius 3 is 2.88 bits per heavy atom. The van der Waals surface area contributed by atoms with E-state index in [0.29, 0.717) is 13.2 Å². The van der Waals surface area contributed by atoms with Crippen LogP contribution in [0.15, 0.2) is 18.2 Å². The molecule has 1 aromatic rings. The second-order valence-electron chi connectivity index (χ2n) is 6.22. The summed E-state index contributed by atoms with van der Waals surface area (Å²) in [5, 5.41) is 6.30. The van der Waals surface area contributed by atoms with Crippen LogP contribution in [0.25, 0.3) is 0 Å². The molecular weight excluding hydrogens is 338 g/mol. The van der Waals surface area contributed by atoms with Gasteiger partial charge in [-0.05, 0) is 44.0 Å². The number of halogens is 3. The van der Waals surface area contributed by atoms with Gasteiger partial charge in [-0.2, -0.15) is 0 Å². The molecule has 1 saturated heterocycles. The van der Waals surface area contributed by atoms with Gasteiger partial charge in [-0.25, -0.2) is 8.78 Å². The molecule has 1 heterocycles. The molecule has 2 fully saturated rings. The van der Waals surface area contributed by atoms with Crippen LogP contribution in [-0.2, 0) is 9.53 Å². The van der Waals surface area contributed by atoms with Crippen molar-refractivity contribution in [1.29, 1.82) is 0 Å². The summed E-state index contributed by atoms with van der Waals surface area (Å²) in [4.78, 5) is 12.3. The molecule has 0 spiro atoms. The molecule has 2 aliphatic rings. The van der Waals surface area contributed by atoms with Crippen LogP contribution in [0, 0.1) is 17.6 Å². The second kappa shape index (κ2) is 8.23. The van der Waals surface area contributed by atoms with Gasteiger partial charge < -0.3 is 15.4 Å². The predicted molar refractivity (Wildman–Crippen MR) is 89.3 cm³/mol. The summed E-state index contributed by atoms with van der Waals surface area (Å²) in [6, 6.07) is 3.87. The van der Waals surface area contributed by atoms with Crippen molar-refractivity contribution >= 4 is 18.3 Å². The molecule has 24 heavy (non-hydrogen) atoms. The van der Waals surface area contributed by atoms with Crippen LogP contribution in [0.3, 0.4) is 0 Å². The second-order valence-corrected chi connectivity index (χ2v) is 6.22. The van der Waals surface area contributed by atoms with E-state index in [4.69, 9.17) is 4.74 Å². The topological polar surface area (TPSA) is 50.4 Å². The Kier molecular flexibility index (Phi) is 6.54. The normalized spacial score (nSPS) is 28.8. The van der Waals surface area contributed by atoms with Crippen molar-refractivity contribution in [2.45, 2.75) is 37.8 Å². The molecule has 1 aliphatic heterocycles. The minimum absolute atomic E-state index is 0. The fourth-order valence-electron chi connectivity index (χ4n) is 3.29. The molecule has 1 saturated carbocycles. The number of carbonyl (C=O) groups excluding carboxylic acids is 1. The number of hydrogen-bond donors (Lipinski definition) is 2. The Morgan fingerprint density at radius 2 is 2.17 bits per heavy atom. The van der Waals surface area contributed by atoms with E-state index in [0.717, 1.165) is 31.0 Å². The summed E-state index contributed by atoms with van der Waals surface area (Å²) < 4.78 is 32.1. The Morgan fingerprint density at radius 1 is 1.38 bits per heavy atom. The third-order valence-corrected chi connectivity index (χ3v) is 4.63. The summed E-state index contributed by atoms with van der Waals surface area (Å²) in [6.45, 7) is 3.94. The zero-order chi connectivity index (χ0) is 16.4. The first-order chi connectivity index (χ1) is 11.1. The summed E-state index contributed by atoms with van der Waals surface area (Å²) in [6.07, 6.45) is 1.56. The highest BCUT2D eigenvalue weighted by molar-refractivity contribution is 5.85. The van der Waals surface area contributed by atoms with E-state index in [1.165, 1.54) is 6.07 Å². The maximum Gasteiger partial charge on any atom is 0.226 e. The van der Waals surface area contributed by atoms with Crippen LogP contribution in [0.2, 0.25) is 0 Å². The predicted octanol–water partition coefficient (Wildman–Crippen LogP) is 2.37. The molecular formula is C17H23ClF2N2O2. The first-order valence-corrected chi connectivity index (χ1v) is 8.17. The van der Waals surface area contributed by atoms with Crippen molar-refractivity contribution in [1.82, 2.24) is 10.6 Å². The monoisotopic (exact) mass is 360 g/mol. The van der Waals surface area contributed by atoms with E-state index in [9.17, 15) is 13.6 Å². The van der Waals surface area contributed by atoms with Crippen LogP contribution in [0.5, 0.6) is 0 Å². The molecule has 3 rings (SSSR count). The lowest BCUT2D eigenvalue weighted by atomic mass is 9.86. The lowest BCUT2D eigenvalue weighted by Crippen LogP contribution is -2.50. The molecule has 4 atom stereocenters. The molecule has 4 unspecified atom stereocenters. The number of hydrogen-bond acceptors (Lipinski definition) is 3. The van der Waals surface area contributed by atoms with Gasteiger partial charge >= 0.3 is 0 Å². The van der Waals surface area contributed by atoms with E-state index in [-0.39, 0.29) is 42.3 Å². The highest BCUT2D eigenvalue weighted by Crippen LogP contribution is 2.35. The summed E-state index contributed by atoms with van der Waals surface area (Å²) in [7, 11) is 0. The molecule has 134 valence electrons. The van der Waals surface area contributed by atoms with Crippen molar-refractivity contribution < 1.29 is 18.3 Å². The zero-order valence-corrected chi connectivity index (χ0v) is 14.4. The van der Waals surface area contributed by atoms with Crippen LogP contribution in [0.4, 0.5) is 8.78 Å². The quantitative estimate of drug-likeness (QED) is 0.847. The Labute approximate surface area is 146 Å². The third kappa shape index (κ3) is 4.23. The summed E-state index contributed by atoms with van der Waals surface area (Å²) in [5.74, 6) is -1.79. The van der Waals surface area contributed by atoms with Gasteiger partial charge in [0.2, 0.25) is 5.91 Å². The lowest BCUT2D eigenvalue weighted by Gasteiger charge is -2.33. The van der Waals surface area contributed by atoms with Gasteiger partial charge in [-0.15, -0.1) is 12.4 Å². The van der Waals surface area contributed by atoms with Crippen molar-refractivity contribution in [3.63, 3.8) is 0 Å². The summed E-state index contributed by atoms with van der Waals surface area (Å²) in [5.41, 5.74) is 0.729. The molecule has 2 N–H and O–H groups in total. The van der Waals surface area contributed by atoms with Gasteiger partial charge in [-0.1, -0.05) is 6.07 Å². The number of piperidine rings is 1. The molecule has 0 bridgehead atoms. The minimum atomic E-state index is -0.846.